The Morgan fingerprint density at radius 1 is 1.56 bits per heavy atom. The Morgan fingerprint density at radius 3 is 2.88 bits per heavy atom. The van der Waals surface area contributed by atoms with Crippen molar-refractivity contribution in [1.29, 1.82) is 0 Å². The second-order valence-electron chi connectivity index (χ2n) is 3.41. The van der Waals surface area contributed by atoms with Crippen molar-refractivity contribution in [3.05, 3.63) is 22.7 Å². The zero-order valence-electron chi connectivity index (χ0n) is 8.49. The molecule has 6 heteroatoms. The Labute approximate surface area is 96.7 Å². The minimum atomic E-state index is -0.638. The van der Waals surface area contributed by atoms with Gasteiger partial charge >= 0.3 is 0 Å². The highest BCUT2D eigenvalue weighted by molar-refractivity contribution is 6.31. The maximum atomic E-state index is 11.4. The van der Waals surface area contributed by atoms with Gasteiger partial charge < -0.3 is 15.4 Å². The average molecular weight is 241 g/mol. The third-order valence-corrected chi connectivity index (χ3v) is 2.59. The second-order valence-corrected chi connectivity index (χ2v) is 3.84. The predicted octanol–water partition coefficient (Wildman–Crippen LogP) is 0.794. The summed E-state index contributed by atoms with van der Waals surface area (Å²) in [7, 11) is 1.59. The SMILES string of the molecule is CN1C(=O)COc2c(C(N)=O)cc(Cl)cc21. The molecular weight excluding hydrogens is 232 g/mol. The van der Waals surface area contributed by atoms with E-state index in [4.69, 9.17) is 22.1 Å². The van der Waals surface area contributed by atoms with E-state index < -0.39 is 5.91 Å². The minimum Gasteiger partial charge on any atom is -0.481 e. The number of anilines is 1. The van der Waals surface area contributed by atoms with Crippen LogP contribution < -0.4 is 15.4 Å². The molecule has 1 aromatic carbocycles. The van der Waals surface area contributed by atoms with Crippen LogP contribution in [0.15, 0.2) is 12.1 Å². The summed E-state index contributed by atoms with van der Waals surface area (Å²) in [6.45, 7) is -0.106. The lowest BCUT2D eigenvalue weighted by molar-refractivity contribution is -0.121. The van der Waals surface area contributed by atoms with Crippen molar-refractivity contribution >= 4 is 29.1 Å². The van der Waals surface area contributed by atoms with E-state index in [2.05, 4.69) is 0 Å². The van der Waals surface area contributed by atoms with Crippen LogP contribution in [0.5, 0.6) is 5.75 Å². The Morgan fingerprint density at radius 2 is 2.25 bits per heavy atom. The average Bonchev–Trinajstić information content (AvgIpc) is 2.23. The highest BCUT2D eigenvalue weighted by Gasteiger charge is 2.26. The lowest BCUT2D eigenvalue weighted by Crippen LogP contribution is -2.36. The standard InChI is InChI=1S/C10H9ClN2O3/c1-13-7-3-5(11)2-6(10(12)15)9(7)16-4-8(13)14/h2-3H,4H2,1H3,(H2,12,15). The van der Waals surface area contributed by atoms with Gasteiger partial charge in [0.25, 0.3) is 11.8 Å². The van der Waals surface area contributed by atoms with Gasteiger partial charge in [-0.05, 0) is 12.1 Å². The molecule has 1 aromatic rings. The normalized spacial score (nSPS) is 14.4. The highest BCUT2D eigenvalue weighted by Crippen LogP contribution is 2.37. The lowest BCUT2D eigenvalue weighted by Gasteiger charge is -2.27. The molecule has 0 aliphatic carbocycles. The number of hydrogen-bond donors (Lipinski definition) is 1. The summed E-state index contributed by atoms with van der Waals surface area (Å²) in [5.41, 5.74) is 5.84. The zero-order chi connectivity index (χ0) is 11.9. The van der Waals surface area contributed by atoms with Gasteiger partial charge in [-0.25, -0.2) is 0 Å². The van der Waals surface area contributed by atoms with Gasteiger partial charge in [0.05, 0.1) is 11.3 Å². The fraction of sp³-hybridized carbons (Fsp3) is 0.200. The Hall–Kier alpha value is -1.75. The van der Waals surface area contributed by atoms with Gasteiger partial charge in [-0.1, -0.05) is 11.6 Å². The summed E-state index contributed by atoms with van der Waals surface area (Å²) < 4.78 is 5.20. The maximum Gasteiger partial charge on any atom is 0.264 e. The molecule has 0 radical (unpaired) electrons. The van der Waals surface area contributed by atoms with Gasteiger partial charge in [0, 0.05) is 12.1 Å². The number of fused-ring (bicyclic) bond motifs is 1. The monoisotopic (exact) mass is 240 g/mol. The van der Waals surface area contributed by atoms with E-state index >= 15 is 0 Å². The molecule has 2 N–H and O–H groups in total. The summed E-state index contributed by atoms with van der Waals surface area (Å²) in [4.78, 5) is 24.0. The summed E-state index contributed by atoms with van der Waals surface area (Å²) in [5.74, 6) is -0.536. The molecule has 1 heterocycles. The molecule has 0 fully saturated rings. The first-order valence-electron chi connectivity index (χ1n) is 4.53. The van der Waals surface area contributed by atoms with Gasteiger partial charge in [0.1, 0.15) is 0 Å². The molecule has 84 valence electrons. The molecule has 2 rings (SSSR count). The van der Waals surface area contributed by atoms with E-state index in [-0.39, 0.29) is 18.1 Å². The smallest absolute Gasteiger partial charge is 0.264 e. The summed E-state index contributed by atoms with van der Waals surface area (Å²) in [6, 6.07) is 2.98. The van der Waals surface area contributed by atoms with E-state index in [1.165, 1.54) is 11.0 Å². The van der Waals surface area contributed by atoms with Gasteiger partial charge in [-0.2, -0.15) is 0 Å². The molecular formula is C10H9ClN2O3. The molecule has 16 heavy (non-hydrogen) atoms. The number of carbonyl (C=O) groups excluding carboxylic acids is 2. The van der Waals surface area contributed by atoms with Crippen molar-refractivity contribution in [2.24, 2.45) is 5.73 Å². The van der Waals surface area contributed by atoms with Gasteiger partial charge in [-0.15, -0.1) is 0 Å². The zero-order valence-corrected chi connectivity index (χ0v) is 9.25. The van der Waals surface area contributed by atoms with Crippen LogP contribution in [0.3, 0.4) is 0 Å². The van der Waals surface area contributed by atoms with Crippen molar-refractivity contribution in [2.75, 3.05) is 18.6 Å². The van der Waals surface area contributed by atoms with Crippen LogP contribution >= 0.6 is 11.6 Å². The fourth-order valence-corrected chi connectivity index (χ4v) is 1.74. The number of nitrogens with zero attached hydrogens (tertiary/aromatic N) is 1. The Kier molecular flexibility index (Phi) is 2.47. The van der Waals surface area contributed by atoms with Crippen LogP contribution in [0.25, 0.3) is 0 Å². The van der Waals surface area contributed by atoms with Crippen molar-refractivity contribution in [2.45, 2.75) is 0 Å². The van der Waals surface area contributed by atoms with Crippen LogP contribution in [-0.2, 0) is 4.79 Å². The second kappa shape index (κ2) is 3.68. The van der Waals surface area contributed by atoms with E-state index in [1.54, 1.807) is 13.1 Å². The van der Waals surface area contributed by atoms with Gasteiger partial charge in [0.15, 0.2) is 12.4 Å². The van der Waals surface area contributed by atoms with Crippen molar-refractivity contribution in [1.82, 2.24) is 0 Å². The molecule has 0 unspecified atom stereocenters. The summed E-state index contributed by atoms with van der Waals surface area (Å²) in [6.07, 6.45) is 0. The van der Waals surface area contributed by atoms with Gasteiger partial charge in [0.2, 0.25) is 0 Å². The first-order valence-corrected chi connectivity index (χ1v) is 4.91. The third-order valence-electron chi connectivity index (χ3n) is 2.37. The largest absolute Gasteiger partial charge is 0.481 e. The molecule has 0 aromatic heterocycles. The first-order chi connectivity index (χ1) is 7.50. The van der Waals surface area contributed by atoms with Crippen LogP contribution in [0, 0.1) is 0 Å². The van der Waals surface area contributed by atoms with E-state index in [0.717, 1.165) is 0 Å². The number of likely N-dealkylation sites (N-methyl/N-ethyl adjacent to an activating group) is 1. The van der Waals surface area contributed by atoms with Crippen LogP contribution in [0.4, 0.5) is 5.69 Å². The summed E-state index contributed by atoms with van der Waals surface area (Å²) >= 11 is 5.84. The van der Waals surface area contributed by atoms with E-state index in [1.807, 2.05) is 0 Å². The number of primary amides is 1. The predicted molar refractivity (Wildman–Crippen MR) is 58.9 cm³/mol. The molecule has 0 saturated carbocycles. The topological polar surface area (TPSA) is 72.6 Å². The molecule has 0 saturated heterocycles. The number of rotatable bonds is 1. The molecule has 2 amide bonds. The lowest BCUT2D eigenvalue weighted by atomic mass is 10.1. The molecule has 0 atom stereocenters. The van der Waals surface area contributed by atoms with E-state index in [0.29, 0.717) is 16.5 Å². The third kappa shape index (κ3) is 1.59. The summed E-state index contributed by atoms with van der Waals surface area (Å²) in [5, 5.41) is 0.331. The molecule has 0 spiro atoms. The van der Waals surface area contributed by atoms with Crippen LogP contribution in [0.1, 0.15) is 10.4 Å². The van der Waals surface area contributed by atoms with Crippen LogP contribution in [0.2, 0.25) is 5.02 Å². The van der Waals surface area contributed by atoms with Gasteiger partial charge in [-0.3, -0.25) is 9.59 Å². The van der Waals surface area contributed by atoms with Crippen molar-refractivity contribution in [3.63, 3.8) is 0 Å². The number of benzene rings is 1. The number of nitrogens with two attached hydrogens (primary N) is 1. The van der Waals surface area contributed by atoms with Crippen LogP contribution in [-0.4, -0.2) is 25.5 Å². The molecule has 1 aliphatic rings. The Balaban J connectivity index is 2.65. The first kappa shape index (κ1) is 10.8. The number of hydrogen-bond acceptors (Lipinski definition) is 3. The quantitative estimate of drug-likeness (QED) is 0.789. The van der Waals surface area contributed by atoms with Crippen molar-refractivity contribution in [3.8, 4) is 5.75 Å². The molecule has 5 nitrogen and oxygen atoms in total. The number of ether oxygens (including phenoxy) is 1. The Bertz CT molecular complexity index is 487. The molecule has 1 aliphatic heterocycles. The minimum absolute atomic E-state index is 0.106. The van der Waals surface area contributed by atoms with E-state index in [9.17, 15) is 9.59 Å². The highest BCUT2D eigenvalue weighted by atomic mass is 35.5. The fourth-order valence-electron chi connectivity index (χ4n) is 1.53. The van der Waals surface area contributed by atoms with Crippen molar-refractivity contribution < 1.29 is 14.3 Å². The maximum absolute atomic E-state index is 11.4. The number of amides is 2. The number of carbonyl (C=O) groups is 2. The molecule has 0 bridgehead atoms. The number of halogens is 1.